The van der Waals surface area contributed by atoms with Gasteiger partial charge in [0.25, 0.3) is 0 Å². The van der Waals surface area contributed by atoms with Crippen molar-refractivity contribution in [2.24, 2.45) is 0 Å². The molecule has 2 N–H and O–H groups in total. The van der Waals surface area contributed by atoms with Gasteiger partial charge in [-0.3, -0.25) is 4.79 Å². The van der Waals surface area contributed by atoms with Gasteiger partial charge in [0.15, 0.2) is 5.12 Å². The molecule has 0 fully saturated rings. The maximum atomic E-state index is 10.7. The van der Waals surface area contributed by atoms with Crippen LogP contribution in [0.5, 0.6) is 0 Å². The normalized spacial score (nSPS) is 14.9. The summed E-state index contributed by atoms with van der Waals surface area (Å²) in [6, 6.07) is 3.33. The van der Waals surface area contributed by atoms with Crippen molar-refractivity contribution in [3.8, 4) is 0 Å². The minimum Gasteiger partial charge on any atom is -0.389 e. The summed E-state index contributed by atoms with van der Waals surface area (Å²) in [4.78, 5) is 11.3. The predicted molar refractivity (Wildman–Crippen MR) is 63.4 cm³/mol. The van der Waals surface area contributed by atoms with Crippen molar-refractivity contribution in [1.29, 1.82) is 0 Å². The Morgan fingerprint density at radius 3 is 2.73 bits per heavy atom. The van der Waals surface area contributed by atoms with Crippen LogP contribution in [0.1, 0.15) is 17.9 Å². The highest BCUT2D eigenvalue weighted by molar-refractivity contribution is 8.13. The summed E-state index contributed by atoms with van der Waals surface area (Å²) >= 11 is 7.91. The van der Waals surface area contributed by atoms with Gasteiger partial charge in [0.2, 0.25) is 0 Å². The molecular weight excluding hydrogens is 256 g/mol. The first-order valence-electron chi connectivity index (χ1n) is 4.25. The molecule has 2 unspecified atom stereocenters. The highest BCUT2D eigenvalue weighted by Crippen LogP contribution is 2.29. The second kappa shape index (κ2) is 5.86. The molecule has 1 heterocycles. The fraction of sp³-hybridized carbons (Fsp3) is 0.444. The predicted octanol–water partition coefficient (Wildman–Crippen LogP) is 2.08. The number of rotatable bonds is 4. The Morgan fingerprint density at radius 1 is 1.60 bits per heavy atom. The van der Waals surface area contributed by atoms with E-state index in [1.54, 1.807) is 12.1 Å². The van der Waals surface area contributed by atoms with Crippen molar-refractivity contribution in [2.75, 3.05) is 5.75 Å². The number of carbonyl (C=O) groups excluding carboxylic acids is 1. The van der Waals surface area contributed by atoms with E-state index in [0.717, 1.165) is 11.8 Å². The third-order valence-electron chi connectivity index (χ3n) is 1.71. The molecule has 6 heteroatoms. The highest BCUT2D eigenvalue weighted by Gasteiger charge is 2.20. The minimum absolute atomic E-state index is 0.0783. The zero-order chi connectivity index (χ0) is 11.4. The summed E-state index contributed by atoms with van der Waals surface area (Å²) in [6.45, 7) is 1.42. The third-order valence-corrected chi connectivity index (χ3v) is 3.92. The van der Waals surface area contributed by atoms with Crippen LogP contribution >= 0.6 is 34.7 Å². The van der Waals surface area contributed by atoms with Crippen LogP contribution in [0.2, 0.25) is 4.34 Å². The monoisotopic (exact) mass is 266 g/mol. The molecule has 0 spiro atoms. The van der Waals surface area contributed by atoms with Gasteiger partial charge in [-0.1, -0.05) is 23.4 Å². The molecule has 1 aromatic heterocycles. The standard InChI is InChI=1S/C9H11ClO3S2/c1-5(11)14-4-6(12)9(13)7-2-3-8(10)15-7/h2-3,6,9,12-13H,4H2,1H3. The second-order valence-electron chi connectivity index (χ2n) is 2.96. The Labute approximate surface area is 101 Å². The summed E-state index contributed by atoms with van der Waals surface area (Å²) < 4.78 is 0.565. The van der Waals surface area contributed by atoms with Crippen LogP contribution in [-0.4, -0.2) is 27.2 Å². The number of hydrogen-bond acceptors (Lipinski definition) is 5. The average molecular weight is 267 g/mol. The molecule has 3 nitrogen and oxygen atoms in total. The summed E-state index contributed by atoms with van der Waals surface area (Å²) in [6.07, 6.45) is -1.93. The molecule has 1 aromatic rings. The highest BCUT2D eigenvalue weighted by atomic mass is 35.5. The van der Waals surface area contributed by atoms with Crippen molar-refractivity contribution in [3.63, 3.8) is 0 Å². The van der Waals surface area contributed by atoms with E-state index in [0.29, 0.717) is 9.21 Å². The lowest BCUT2D eigenvalue weighted by molar-refractivity contribution is -0.109. The number of halogens is 1. The van der Waals surface area contributed by atoms with Crippen LogP contribution in [0, 0.1) is 0 Å². The Hall–Kier alpha value is -0.0700. The summed E-state index contributed by atoms with van der Waals surface area (Å²) in [5, 5.41) is 19.2. The molecule has 0 amide bonds. The molecule has 0 saturated heterocycles. The number of aliphatic hydroxyl groups is 2. The molecule has 0 aliphatic heterocycles. The van der Waals surface area contributed by atoms with Gasteiger partial charge < -0.3 is 10.2 Å². The molecular formula is C9H11ClO3S2. The van der Waals surface area contributed by atoms with Crippen molar-refractivity contribution in [1.82, 2.24) is 0 Å². The van der Waals surface area contributed by atoms with Crippen LogP contribution < -0.4 is 0 Å². The van der Waals surface area contributed by atoms with E-state index in [1.165, 1.54) is 18.3 Å². The lowest BCUT2D eigenvalue weighted by Crippen LogP contribution is -2.20. The smallest absolute Gasteiger partial charge is 0.185 e. The van der Waals surface area contributed by atoms with Gasteiger partial charge in [-0.25, -0.2) is 0 Å². The van der Waals surface area contributed by atoms with E-state index >= 15 is 0 Å². The molecule has 84 valence electrons. The Bertz CT molecular complexity index is 340. The van der Waals surface area contributed by atoms with Crippen LogP contribution in [0.15, 0.2) is 12.1 Å². The van der Waals surface area contributed by atoms with Gasteiger partial charge in [-0.2, -0.15) is 0 Å². The zero-order valence-corrected chi connectivity index (χ0v) is 10.4. The molecule has 0 saturated carbocycles. The first kappa shape index (κ1) is 13.0. The number of aliphatic hydroxyl groups excluding tert-OH is 2. The maximum absolute atomic E-state index is 10.7. The summed E-state index contributed by atoms with van der Waals surface area (Å²) in [5.41, 5.74) is 0. The van der Waals surface area contributed by atoms with Crippen molar-refractivity contribution < 1.29 is 15.0 Å². The maximum Gasteiger partial charge on any atom is 0.185 e. The van der Waals surface area contributed by atoms with Gasteiger partial charge in [-0.15, -0.1) is 11.3 Å². The number of thiophene rings is 1. The first-order valence-corrected chi connectivity index (χ1v) is 6.43. The number of carbonyl (C=O) groups is 1. The van der Waals surface area contributed by atoms with Gasteiger partial charge in [0.1, 0.15) is 6.10 Å². The fourth-order valence-corrected chi connectivity index (χ4v) is 2.66. The molecule has 0 aliphatic rings. The quantitative estimate of drug-likeness (QED) is 0.876. The minimum atomic E-state index is -0.977. The SMILES string of the molecule is CC(=O)SCC(O)C(O)c1ccc(Cl)s1. The van der Waals surface area contributed by atoms with E-state index < -0.39 is 12.2 Å². The Balaban J connectivity index is 2.52. The Morgan fingerprint density at radius 2 is 2.27 bits per heavy atom. The lowest BCUT2D eigenvalue weighted by atomic mass is 10.2. The Kier molecular flexibility index (Phi) is 5.08. The van der Waals surface area contributed by atoms with E-state index in [4.69, 9.17) is 11.6 Å². The number of hydrogen-bond donors (Lipinski definition) is 2. The third kappa shape index (κ3) is 4.12. The first-order chi connectivity index (χ1) is 7.00. The van der Waals surface area contributed by atoms with Crippen molar-refractivity contribution in [2.45, 2.75) is 19.1 Å². The second-order valence-corrected chi connectivity index (χ2v) is 5.90. The van der Waals surface area contributed by atoms with Crippen LogP contribution in [0.3, 0.4) is 0 Å². The van der Waals surface area contributed by atoms with E-state index in [2.05, 4.69) is 0 Å². The molecule has 0 aromatic carbocycles. The zero-order valence-electron chi connectivity index (χ0n) is 8.01. The molecule has 1 rings (SSSR count). The molecule has 2 atom stereocenters. The van der Waals surface area contributed by atoms with Crippen LogP contribution in [-0.2, 0) is 4.79 Å². The molecule has 0 bridgehead atoms. The van der Waals surface area contributed by atoms with Gasteiger partial charge >= 0.3 is 0 Å². The number of thioether (sulfide) groups is 1. The summed E-state index contributed by atoms with van der Waals surface area (Å²) in [5.74, 6) is 0.187. The molecule has 0 aliphatic carbocycles. The van der Waals surface area contributed by atoms with Gasteiger partial charge in [0, 0.05) is 17.6 Å². The fourth-order valence-electron chi connectivity index (χ4n) is 0.971. The summed E-state index contributed by atoms with van der Waals surface area (Å²) in [7, 11) is 0. The average Bonchev–Trinajstić information content (AvgIpc) is 2.60. The lowest BCUT2D eigenvalue weighted by Gasteiger charge is -2.15. The largest absolute Gasteiger partial charge is 0.389 e. The van der Waals surface area contributed by atoms with E-state index in [-0.39, 0.29) is 10.9 Å². The topological polar surface area (TPSA) is 57.5 Å². The van der Waals surface area contributed by atoms with Crippen molar-refractivity contribution >= 4 is 39.8 Å². The van der Waals surface area contributed by atoms with Crippen molar-refractivity contribution in [3.05, 3.63) is 21.3 Å². The molecule has 15 heavy (non-hydrogen) atoms. The van der Waals surface area contributed by atoms with E-state index in [9.17, 15) is 15.0 Å². The molecule has 0 radical (unpaired) electrons. The van der Waals surface area contributed by atoms with Crippen LogP contribution in [0.25, 0.3) is 0 Å². The van der Waals surface area contributed by atoms with E-state index in [1.807, 2.05) is 0 Å². The van der Waals surface area contributed by atoms with Gasteiger partial charge in [-0.05, 0) is 12.1 Å². The van der Waals surface area contributed by atoms with Gasteiger partial charge in [0.05, 0.1) is 10.4 Å². The van der Waals surface area contributed by atoms with Crippen LogP contribution in [0.4, 0.5) is 0 Å².